The molecule has 3 atom stereocenters. The van der Waals surface area contributed by atoms with E-state index in [1.54, 1.807) is 6.92 Å². The number of amides is 3. The first-order valence-corrected chi connectivity index (χ1v) is 8.47. The predicted molar refractivity (Wildman–Crippen MR) is 92.3 cm³/mol. The molecule has 1 aliphatic rings. The van der Waals surface area contributed by atoms with Crippen molar-refractivity contribution in [3.05, 3.63) is 35.9 Å². The van der Waals surface area contributed by atoms with Crippen LogP contribution in [0.3, 0.4) is 0 Å². The second-order valence-electron chi connectivity index (χ2n) is 6.41. The van der Waals surface area contributed by atoms with E-state index in [0.717, 1.165) is 18.4 Å². The average molecular weight is 347 g/mol. The van der Waals surface area contributed by atoms with Gasteiger partial charge in [0.1, 0.15) is 18.7 Å². The van der Waals surface area contributed by atoms with E-state index in [2.05, 4.69) is 5.32 Å². The first-order valence-electron chi connectivity index (χ1n) is 8.47. The number of nitrogens with two attached hydrogens (primary N) is 1. The molecule has 3 N–H and O–H groups in total. The van der Waals surface area contributed by atoms with E-state index in [4.69, 9.17) is 10.5 Å². The second kappa shape index (κ2) is 8.50. The third-order valence-corrected chi connectivity index (χ3v) is 4.54. The van der Waals surface area contributed by atoms with Crippen LogP contribution in [0.25, 0.3) is 0 Å². The summed E-state index contributed by atoms with van der Waals surface area (Å²) in [6, 6.07) is 7.86. The second-order valence-corrected chi connectivity index (χ2v) is 6.41. The van der Waals surface area contributed by atoms with E-state index in [-0.39, 0.29) is 18.4 Å². The summed E-state index contributed by atoms with van der Waals surface area (Å²) in [5.41, 5.74) is 6.19. The molecule has 1 saturated heterocycles. The van der Waals surface area contributed by atoms with Gasteiger partial charge < -0.3 is 20.7 Å². The number of benzene rings is 1. The van der Waals surface area contributed by atoms with Gasteiger partial charge in [0.25, 0.3) is 0 Å². The molecule has 7 nitrogen and oxygen atoms in total. The van der Waals surface area contributed by atoms with Gasteiger partial charge in [0, 0.05) is 6.54 Å². The van der Waals surface area contributed by atoms with Gasteiger partial charge in [-0.05, 0) is 31.2 Å². The van der Waals surface area contributed by atoms with Gasteiger partial charge in [0.2, 0.25) is 11.8 Å². The zero-order valence-electron chi connectivity index (χ0n) is 14.6. The molecule has 1 aromatic rings. The van der Waals surface area contributed by atoms with E-state index in [1.807, 2.05) is 37.3 Å². The molecule has 3 unspecified atom stereocenters. The van der Waals surface area contributed by atoms with Gasteiger partial charge in [-0.15, -0.1) is 0 Å². The van der Waals surface area contributed by atoms with E-state index in [9.17, 15) is 14.4 Å². The van der Waals surface area contributed by atoms with Gasteiger partial charge >= 0.3 is 6.09 Å². The van der Waals surface area contributed by atoms with Crippen molar-refractivity contribution in [2.45, 2.75) is 45.4 Å². The topological polar surface area (TPSA) is 102 Å². The van der Waals surface area contributed by atoms with Crippen LogP contribution in [0.15, 0.2) is 30.3 Å². The van der Waals surface area contributed by atoms with Crippen molar-refractivity contribution in [2.75, 3.05) is 6.54 Å². The summed E-state index contributed by atoms with van der Waals surface area (Å²) < 4.78 is 5.20. The number of rotatable bonds is 5. The first-order chi connectivity index (χ1) is 11.9. The van der Waals surface area contributed by atoms with Crippen molar-refractivity contribution in [3.63, 3.8) is 0 Å². The highest BCUT2D eigenvalue weighted by Gasteiger charge is 2.36. The quantitative estimate of drug-likeness (QED) is 0.841. The minimum atomic E-state index is -0.729. The van der Waals surface area contributed by atoms with Crippen molar-refractivity contribution in [1.29, 1.82) is 0 Å². The van der Waals surface area contributed by atoms with Gasteiger partial charge in [-0.1, -0.05) is 37.3 Å². The van der Waals surface area contributed by atoms with Crippen LogP contribution in [-0.4, -0.2) is 41.4 Å². The number of hydrogen-bond acceptors (Lipinski definition) is 4. The predicted octanol–water partition coefficient (Wildman–Crippen LogP) is 1.41. The minimum absolute atomic E-state index is 0.0538. The van der Waals surface area contributed by atoms with Crippen molar-refractivity contribution in [1.82, 2.24) is 10.2 Å². The largest absolute Gasteiger partial charge is 0.445 e. The number of carbonyl (C=O) groups excluding carboxylic acids is 3. The van der Waals surface area contributed by atoms with Crippen LogP contribution in [-0.2, 0) is 20.9 Å². The van der Waals surface area contributed by atoms with Crippen LogP contribution in [0.5, 0.6) is 0 Å². The Balaban J connectivity index is 2.00. The fourth-order valence-electron chi connectivity index (χ4n) is 2.92. The molecule has 2 rings (SSSR count). The summed E-state index contributed by atoms with van der Waals surface area (Å²) in [6.07, 6.45) is 0.863. The lowest BCUT2D eigenvalue weighted by atomic mass is 9.97. The van der Waals surface area contributed by atoms with E-state index in [0.29, 0.717) is 6.54 Å². The van der Waals surface area contributed by atoms with Gasteiger partial charge in [-0.2, -0.15) is 0 Å². The smallest absolute Gasteiger partial charge is 0.408 e. The molecule has 0 spiro atoms. The van der Waals surface area contributed by atoms with Crippen LogP contribution in [0, 0.1) is 5.92 Å². The molecule has 3 amide bonds. The molecule has 1 aromatic carbocycles. The summed E-state index contributed by atoms with van der Waals surface area (Å²) in [4.78, 5) is 37.7. The molecule has 7 heteroatoms. The maximum Gasteiger partial charge on any atom is 0.408 e. The van der Waals surface area contributed by atoms with Crippen molar-refractivity contribution in [2.24, 2.45) is 11.7 Å². The summed E-state index contributed by atoms with van der Waals surface area (Å²) in [5.74, 6) is -0.914. The molecule has 0 aliphatic carbocycles. The van der Waals surface area contributed by atoms with Gasteiger partial charge in [0.05, 0.1) is 0 Å². The minimum Gasteiger partial charge on any atom is -0.445 e. The molecular formula is C18H25N3O4. The highest BCUT2D eigenvalue weighted by molar-refractivity contribution is 5.91. The molecule has 0 bridgehead atoms. The normalized spacial score (nSPS) is 22.0. The molecule has 1 aliphatic heterocycles. The maximum atomic E-state index is 12.8. The van der Waals surface area contributed by atoms with Gasteiger partial charge in [-0.25, -0.2) is 4.79 Å². The Morgan fingerprint density at radius 2 is 2.04 bits per heavy atom. The summed E-state index contributed by atoms with van der Waals surface area (Å²) in [7, 11) is 0. The maximum absolute atomic E-state index is 12.8. The monoisotopic (exact) mass is 347 g/mol. The van der Waals surface area contributed by atoms with Gasteiger partial charge in [0.15, 0.2) is 0 Å². The molecule has 1 heterocycles. The fourth-order valence-corrected chi connectivity index (χ4v) is 2.92. The Hall–Kier alpha value is -2.57. The van der Waals surface area contributed by atoms with Gasteiger partial charge in [-0.3, -0.25) is 9.59 Å². The Labute approximate surface area is 147 Å². The summed E-state index contributed by atoms with van der Waals surface area (Å²) in [5, 5.41) is 2.65. The van der Waals surface area contributed by atoms with Crippen LogP contribution >= 0.6 is 0 Å². The number of likely N-dealkylation sites (tertiary alicyclic amines) is 1. The zero-order chi connectivity index (χ0) is 18.4. The number of hydrogen-bond donors (Lipinski definition) is 2. The Kier molecular flexibility index (Phi) is 6.38. The molecule has 0 saturated carbocycles. The first kappa shape index (κ1) is 18.8. The number of carbonyl (C=O) groups is 3. The molecule has 0 radical (unpaired) electrons. The zero-order valence-corrected chi connectivity index (χ0v) is 14.6. The number of nitrogens with one attached hydrogen (secondary N) is 1. The van der Waals surface area contributed by atoms with E-state index >= 15 is 0 Å². The lowest BCUT2D eigenvalue weighted by Gasteiger charge is -2.29. The van der Waals surface area contributed by atoms with Crippen molar-refractivity contribution < 1.29 is 19.1 Å². The lowest BCUT2D eigenvalue weighted by molar-refractivity contribution is -0.140. The molecule has 1 fully saturated rings. The van der Waals surface area contributed by atoms with Crippen LogP contribution in [0.1, 0.15) is 32.3 Å². The Morgan fingerprint density at radius 1 is 1.36 bits per heavy atom. The van der Waals surface area contributed by atoms with Crippen LogP contribution in [0.4, 0.5) is 4.79 Å². The van der Waals surface area contributed by atoms with Crippen molar-refractivity contribution >= 4 is 17.9 Å². The number of primary amides is 1. The van der Waals surface area contributed by atoms with E-state index in [1.165, 1.54) is 4.90 Å². The third kappa shape index (κ3) is 4.95. The third-order valence-electron chi connectivity index (χ3n) is 4.54. The summed E-state index contributed by atoms with van der Waals surface area (Å²) in [6.45, 7) is 4.08. The summed E-state index contributed by atoms with van der Waals surface area (Å²) >= 11 is 0. The molecule has 136 valence electrons. The molecular weight excluding hydrogens is 322 g/mol. The Bertz CT molecular complexity index is 620. The number of ether oxygens (including phenoxy) is 1. The van der Waals surface area contributed by atoms with Crippen LogP contribution in [0.2, 0.25) is 0 Å². The highest BCUT2D eigenvalue weighted by atomic mass is 16.5. The molecule has 0 aromatic heterocycles. The standard InChI is InChI=1S/C18H25N3O4/c1-12-7-6-10-21(13(2)16(19)22)17(23)15(12)20-18(24)25-11-14-8-4-3-5-9-14/h3-5,8-9,12-13,15H,6-7,10-11H2,1-2H3,(H2,19,22)(H,20,24). The van der Waals surface area contributed by atoms with Crippen molar-refractivity contribution in [3.8, 4) is 0 Å². The number of alkyl carbamates (subject to hydrolysis) is 1. The SMILES string of the molecule is CC1CCCN(C(C)C(N)=O)C(=O)C1NC(=O)OCc1ccccc1. The molecule has 25 heavy (non-hydrogen) atoms. The Morgan fingerprint density at radius 3 is 2.68 bits per heavy atom. The van der Waals surface area contributed by atoms with E-state index < -0.39 is 24.1 Å². The fraction of sp³-hybridized carbons (Fsp3) is 0.500. The average Bonchev–Trinajstić information content (AvgIpc) is 2.73. The van der Waals surface area contributed by atoms with Crippen LogP contribution < -0.4 is 11.1 Å². The number of nitrogens with zero attached hydrogens (tertiary/aromatic N) is 1. The lowest BCUT2D eigenvalue weighted by Crippen LogP contribution is -2.55. The highest BCUT2D eigenvalue weighted by Crippen LogP contribution is 2.20.